The summed E-state index contributed by atoms with van der Waals surface area (Å²) in [7, 11) is 3.91. The van der Waals surface area contributed by atoms with Crippen LogP contribution in [-0.2, 0) is 4.74 Å². The smallest absolute Gasteiger partial charge is 0.410 e. The van der Waals surface area contributed by atoms with Crippen molar-refractivity contribution in [2.45, 2.75) is 44.6 Å². The summed E-state index contributed by atoms with van der Waals surface area (Å²) >= 11 is 5.86. The summed E-state index contributed by atoms with van der Waals surface area (Å²) in [6, 6.07) is 6.83. The normalized spacial score (nSPS) is 19.2. The Kier molecular flexibility index (Phi) is 10.5. The predicted molar refractivity (Wildman–Crippen MR) is 119 cm³/mol. The highest BCUT2D eigenvalue weighted by Crippen LogP contribution is 2.27. The summed E-state index contributed by atoms with van der Waals surface area (Å²) in [6.45, 7) is 7.34. The molecule has 0 N–H and O–H groups in total. The Bertz CT molecular complexity index is 615. The fourth-order valence-corrected chi connectivity index (χ4v) is 3.80. The Morgan fingerprint density at radius 3 is 2.52 bits per heavy atom. The van der Waals surface area contributed by atoms with Crippen LogP contribution < -0.4 is 4.74 Å². The molecule has 0 bridgehead atoms. The van der Waals surface area contributed by atoms with E-state index in [4.69, 9.17) is 21.1 Å². The zero-order chi connectivity index (χ0) is 21.1. The summed E-state index contributed by atoms with van der Waals surface area (Å²) in [4.78, 5) is 16.2. The van der Waals surface area contributed by atoms with E-state index in [9.17, 15) is 4.79 Å². The third-order valence-electron chi connectivity index (χ3n) is 5.38. The maximum Gasteiger partial charge on any atom is 0.414 e. The number of unbranched alkanes of at least 4 members (excludes halogenated alkanes) is 1. The van der Waals surface area contributed by atoms with Gasteiger partial charge in [-0.15, -0.1) is 6.58 Å². The lowest BCUT2D eigenvalue weighted by atomic mass is 9.87. The molecule has 1 aliphatic carbocycles. The molecular weight excluding hydrogens is 388 g/mol. The van der Waals surface area contributed by atoms with E-state index >= 15 is 0 Å². The lowest BCUT2D eigenvalue weighted by Gasteiger charge is -2.31. The highest BCUT2D eigenvalue weighted by molar-refractivity contribution is 6.30. The van der Waals surface area contributed by atoms with Crippen LogP contribution >= 0.6 is 11.6 Å². The van der Waals surface area contributed by atoms with E-state index in [0.29, 0.717) is 22.8 Å². The first-order valence-corrected chi connectivity index (χ1v) is 10.9. The highest BCUT2D eigenvalue weighted by atomic mass is 35.5. The first-order valence-electron chi connectivity index (χ1n) is 10.6. The first-order chi connectivity index (χ1) is 14.0. The lowest BCUT2D eigenvalue weighted by Crippen LogP contribution is -2.36. The van der Waals surface area contributed by atoms with Gasteiger partial charge in [0, 0.05) is 31.8 Å². The van der Waals surface area contributed by atoms with Crippen LogP contribution in [0, 0.1) is 5.92 Å². The molecule has 5 nitrogen and oxygen atoms in total. The van der Waals surface area contributed by atoms with Gasteiger partial charge < -0.3 is 19.3 Å². The summed E-state index contributed by atoms with van der Waals surface area (Å²) < 4.78 is 11.5. The first kappa shape index (κ1) is 23.7. The van der Waals surface area contributed by atoms with Gasteiger partial charge in [0.1, 0.15) is 5.75 Å². The molecule has 0 spiro atoms. The third kappa shape index (κ3) is 9.20. The van der Waals surface area contributed by atoms with Gasteiger partial charge in [-0.2, -0.15) is 0 Å². The monoisotopic (exact) mass is 422 g/mol. The predicted octanol–water partition coefficient (Wildman–Crippen LogP) is 5.24. The van der Waals surface area contributed by atoms with Crippen LogP contribution in [0.1, 0.15) is 38.5 Å². The molecule has 1 aliphatic rings. The number of benzene rings is 1. The molecule has 1 amide bonds. The van der Waals surface area contributed by atoms with Crippen molar-refractivity contribution in [1.82, 2.24) is 9.80 Å². The van der Waals surface area contributed by atoms with Crippen molar-refractivity contribution in [2.24, 2.45) is 5.92 Å². The quantitative estimate of drug-likeness (QED) is 0.361. The molecule has 0 unspecified atom stereocenters. The molecule has 0 aromatic heterocycles. The molecule has 0 radical (unpaired) electrons. The fraction of sp³-hybridized carbons (Fsp3) is 0.609. The molecular formula is C23H35ClN2O3. The third-order valence-corrected chi connectivity index (χ3v) is 5.64. The van der Waals surface area contributed by atoms with Crippen molar-refractivity contribution in [3.8, 4) is 5.75 Å². The second kappa shape index (κ2) is 12.9. The molecule has 1 saturated carbocycles. The van der Waals surface area contributed by atoms with E-state index in [1.807, 2.05) is 6.08 Å². The van der Waals surface area contributed by atoms with Gasteiger partial charge in [0.25, 0.3) is 0 Å². The van der Waals surface area contributed by atoms with Crippen LogP contribution in [0.15, 0.2) is 36.9 Å². The molecule has 0 atom stereocenters. The van der Waals surface area contributed by atoms with E-state index in [1.54, 1.807) is 36.2 Å². The van der Waals surface area contributed by atoms with E-state index in [-0.39, 0.29) is 6.09 Å². The molecule has 1 aromatic rings. The van der Waals surface area contributed by atoms with Crippen LogP contribution in [0.25, 0.3) is 0 Å². The van der Waals surface area contributed by atoms with Gasteiger partial charge >= 0.3 is 6.09 Å². The Hall–Kier alpha value is -1.56. The molecule has 0 aliphatic heterocycles. The van der Waals surface area contributed by atoms with E-state index in [2.05, 4.69) is 18.5 Å². The van der Waals surface area contributed by atoms with Crippen molar-refractivity contribution in [3.63, 3.8) is 0 Å². The second-order valence-corrected chi connectivity index (χ2v) is 8.41. The van der Waals surface area contributed by atoms with Crippen LogP contribution in [0.2, 0.25) is 5.02 Å². The van der Waals surface area contributed by atoms with Crippen LogP contribution in [0.4, 0.5) is 4.79 Å². The fourth-order valence-electron chi connectivity index (χ4n) is 3.67. The molecule has 0 heterocycles. The van der Waals surface area contributed by atoms with Gasteiger partial charge in [-0.3, -0.25) is 0 Å². The number of hydrogen-bond donors (Lipinski definition) is 0. The summed E-state index contributed by atoms with van der Waals surface area (Å²) in [6.07, 6.45) is 8.54. The van der Waals surface area contributed by atoms with E-state index in [1.165, 1.54) is 0 Å². The average Bonchev–Trinajstić information content (AvgIpc) is 2.71. The molecule has 6 heteroatoms. The number of carbonyl (C=O) groups is 1. The number of halogens is 1. The SMILES string of the molecule is C=CCN(C)CCCCO[C@H]1CC[C@H](CN(C)C(=O)Oc2ccc(Cl)cc2)CC1. The minimum Gasteiger partial charge on any atom is -0.410 e. The van der Waals surface area contributed by atoms with Crippen molar-refractivity contribution in [1.29, 1.82) is 0 Å². The molecule has 1 aromatic carbocycles. The van der Waals surface area contributed by atoms with Crippen molar-refractivity contribution in [2.75, 3.05) is 40.3 Å². The summed E-state index contributed by atoms with van der Waals surface area (Å²) in [5, 5.41) is 0.622. The van der Waals surface area contributed by atoms with E-state index < -0.39 is 0 Å². The van der Waals surface area contributed by atoms with Crippen LogP contribution in [0.5, 0.6) is 5.75 Å². The Balaban J connectivity index is 1.58. The average molecular weight is 423 g/mol. The van der Waals surface area contributed by atoms with Crippen molar-refractivity contribution in [3.05, 3.63) is 41.9 Å². The van der Waals surface area contributed by atoms with E-state index in [0.717, 1.165) is 64.8 Å². The molecule has 0 saturated heterocycles. The number of rotatable bonds is 11. The van der Waals surface area contributed by atoms with Gasteiger partial charge in [-0.25, -0.2) is 4.79 Å². The Morgan fingerprint density at radius 1 is 1.17 bits per heavy atom. The summed E-state index contributed by atoms with van der Waals surface area (Å²) in [5.41, 5.74) is 0. The van der Waals surface area contributed by atoms with Gasteiger partial charge in [-0.1, -0.05) is 17.7 Å². The lowest BCUT2D eigenvalue weighted by molar-refractivity contribution is 0.0132. The second-order valence-electron chi connectivity index (χ2n) is 7.97. The number of hydrogen-bond acceptors (Lipinski definition) is 4. The number of carbonyl (C=O) groups excluding carboxylic acids is 1. The molecule has 29 heavy (non-hydrogen) atoms. The number of nitrogens with zero attached hydrogens (tertiary/aromatic N) is 2. The minimum absolute atomic E-state index is 0.327. The highest BCUT2D eigenvalue weighted by Gasteiger charge is 2.24. The standard InChI is InChI=1S/C23H35ClN2O3/c1-4-15-25(2)16-5-6-17-28-21-11-7-19(8-12-21)18-26(3)23(27)29-22-13-9-20(24)10-14-22/h4,9-10,13-14,19,21H,1,5-8,11-12,15-18H2,2-3H3/t19-,21-. The largest absolute Gasteiger partial charge is 0.414 e. The zero-order valence-electron chi connectivity index (χ0n) is 17.8. The van der Waals surface area contributed by atoms with Crippen LogP contribution in [0.3, 0.4) is 0 Å². The maximum atomic E-state index is 12.3. The topological polar surface area (TPSA) is 42.0 Å². The minimum atomic E-state index is -0.327. The molecule has 162 valence electrons. The zero-order valence-corrected chi connectivity index (χ0v) is 18.6. The molecule has 1 fully saturated rings. The van der Waals surface area contributed by atoms with Gasteiger partial charge in [0.2, 0.25) is 0 Å². The number of likely N-dealkylation sites (N-methyl/N-ethyl adjacent to an activating group) is 1. The Morgan fingerprint density at radius 2 is 1.86 bits per heavy atom. The van der Waals surface area contributed by atoms with Crippen LogP contribution in [-0.4, -0.2) is 62.3 Å². The maximum absolute atomic E-state index is 12.3. The van der Waals surface area contributed by atoms with Gasteiger partial charge in [-0.05, 0) is 82.3 Å². The van der Waals surface area contributed by atoms with Gasteiger partial charge in [0.15, 0.2) is 0 Å². The number of amides is 1. The molecule has 2 rings (SSSR count). The Labute approximate surface area is 180 Å². The van der Waals surface area contributed by atoms with Crippen molar-refractivity contribution >= 4 is 17.7 Å². The summed E-state index contributed by atoms with van der Waals surface area (Å²) in [5.74, 6) is 1.02. The van der Waals surface area contributed by atoms with Gasteiger partial charge in [0.05, 0.1) is 6.10 Å². The number of ether oxygens (including phenoxy) is 2. The van der Waals surface area contributed by atoms with Crippen molar-refractivity contribution < 1.29 is 14.3 Å².